The van der Waals surface area contributed by atoms with Gasteiger partial charge in [-0.05, 0) is 74.7 Å². The molecule has 6 rings (SSSR count). The normalized spacial score (nSPS) is 20.1. The quantitative estimate of drug-likeness (QED) is 0.345. The van der Waals surface area contributed by atoms with Crippen molar-refractivity contribution in [1.82, 2.24) is 28.9 Å². The predicted molar refractivity (Wildman–Crippen MR) is 141 cm³/mol. The molecule has 2 unspecified atom stereocenters. The van der Waals surface area contributed by atoms with Crippen molar-refractivity contribution in [3.05, 3.63) is 95.6 Å². The van der Waals surface area contributed by atoms with Gasteiger partial charge in [-0.3, -0.25) is 14.5 Å². The molecule has 1 saturated heterocycles. The zero-order valence-corrected chi connectivity index (χ0v) is 21.9. The first-order valence-corrected chi connectivity index (χ1v) is 13.7. The summed E-state index contributed by atoms with van der Waals surface area (Å²) >= 11 is 0. The lowest BCUT2D eigenvalue weighted by molar-refractivity contribution is 0.0773. The maximum atomic E-state index is 14.2. The van der Waals surface area contributed by atoms with Crippen LogP contribution in [0, 0.1) is 11.2 Å². The number of Topliss-reactive ketones (excluding diaryl/α,β-unsaturated/α-hetero) is 1. The first kappa shape index (κ1) is 24.6. The molecule has 1 aliphatic heterocycles. The van der Waals surface area contributed by atoms with E-state index in [-0.39, 0.29) is 24.2 Å². The molecule has 4 aromatic rings. The first-order valence-electron chi connectivity index (χ1n) is 12.6. The van der Waals surface area contributed by atoms with Crippen molar-refractivity contribution in [3.63, 3.8) is 0 Å². The molecule has 1 aliphatic carbocycles. The second-order valence-corrected chi connectivity index (χ2v) is 11.5. The molecule has 10 heteroatoms. The predicted octanol–water partition coefficient (Wildman–Crippen LogP) is 4.42. The van der Waals surface area contributed by atoms with E-state index in [0.717, 1.165) is 22.5 Å². The van der Waals surface area contributed by atoms with Crippen LogP contribution >= 0.6 is 0 Å². The number of rotatable bonds is 6. The number of pyridine rings is 1. The van der Waals surface area contributed by atoms with E-state index in [1.54, 1.807) is 58.3 Å². The molecule has 2 atom stereocenters. The molecule has 1 aromatic carbocycles. The van der Waals surface area contributed by atoms with Crippen molar-refractivity contribution in [2.75, 3.05) is 13.1 Å². The van der Waals surface area contributed by atoms with Crippen LogP contribution in [0.2, 0.25) is 0 Å². The Morgan fingerprint density at radius 1 is 1.11 bits per heavy atom. The summed E-state index contributed by atoms with van der Waals surface area (Å²) in [6, 6.07) is 11.7. The summed E-state index contributed by atoms with van der Waals surface area (Å²) in [7, 11) is -1.47. The van der Waals surface area contributed by atoms with Crippen LogP contribution in [-0.2, 0) is 17.4 Å². The van der Waals surface area contributed by atoms with Gasteiger partial charge in [-0.15, -0.1) is 0 Å². The summed E-state index contributed by atoms with van der Waals surface area (Å²) in [5.74, 6) is -0.406. The molecule has 0 bridgehead atoms. The highest BCUT2D eigenvalue weighted by Crippen LogP contribution is 2.46. The number of hydrogen-bond acceptors (Lipinski definition) is 5. The van der Waals surface area contributed by atoms with Gasteiger partial charge < -0.3 is 0 Å². The van der Waals surface area contributed by atoms with Crippen molar-refractivity contribution < 1.29 is 13.4 Å². The van der Waals surface area contributed by atoms with E-state index in [4.69, 9.17) is 0 Å². The number of nitrogens with zero attached hydrogens (tertiary/aromatic N) is 6. The monoisotopic (exact) mass is 530 g/mol. The number of halogens is 1. The minimum absolute atomic E-state index is 0.0934. The highest BCUT2D eigenvalue weighted by molar-refractivity contribution is 7.82. The zero-order valence-electron chi connectivity index (χ0n) is 21.1. The Hall–Kier alpha value is -3.76. The summed E-state index contributed by atoms with van der Waals surface area (Å²) in [5.41, 5.74) is 2.95. The van der Waals surface area contributed by atoms with E-state index in [1.165, 1.54) is 12.1 Å². The Morgan fingerprint density at radius 2 is 1.92 bits per heavy atom. The molecule has 0 radical (unpaired) electrons. The molecular weight excluding hydrogens is 503 g/mol. The van der Waals surface area contributed by atoms with Crippen molar-refractivity contribution in [2.24, 2.45) is 5.41 Å². The molecule has 3 aromatic heterocycles. The number of fused-ring (bicyclic) bond motifs is 2. The molecule has 0 spiro atoms. The number of carbonyl (C=O) groups is 1. The third-order valence-electron chi connectivity index (χ3n) is 7.33. The Labute approximate surface area is 222 Å². The standard InChI is InChI=1S/C28H27FN6O2S/c1-19(2)34-17-24(16-31-34)38(37)33-12-10-21-13-26-20(15-32-35(26)23-8-6-22(29)7-9-23)14-28(21,18-33)27(36)25-5-3-4-11-30-25/h3-9,11,13,15-17,19H,10,12,14,18H2,1-2H3. The summed E-state index contributed by atoms with van der Waals surface area (Å²) in [6.07, 6.45) is 9.84. The molecule has 0 saturated carbocycles. The summed E-state index contributed by atoms with van der Waals surface area (Å²) in [4.78, 5) is 19.1. The van der Waals surface area contributed by atoms with Crippen LogP contribution in [0.1, 0.15) is 48.1 Å². The maximum Gasteiger partial charge on any atom is 0.192 e. The van der Waals surface area contributed by atoms with Crippen molar-refractivity contribution in [3.8, 4) is 5.69 Å². The topological polar surface area (TPSA) is 85.9 Å². The summed E-state index contributed by atoms with van der Waals surface area (Å²) in [5, 5.41) is 8.93. The molecule has 1 fully saturated rings. The number of benzene rings is 1. The zero-order chi connectivity index (χ0) is 26.4. The first-order chi connectivity index (χ1) is 18.4. The van der Waals surface area contributed by atoms with Crippen LogP contribution < -0.4 is 0 Å². The maximum absolute atomic E-state index is 14.2. The molecule has 8 nitrogen and oxygen atoms in total. The van der Waals surface area contributed by atoms with Gasteiger partial charge in [-0.25, -0.2) is 17.6 Å². The number of hydrogen-bond donors (Lipinski definition) is 0. The van der Waals surface area contributed by atoms with E-state index in [0.29, 0.717) is 30.0 Å². The number of aromatic nitrogens is 5. The Kier molecular flexibility index (Phi) is 6.16. The van der Waals surface area contributed by atoms with Crippen LogP contribution in [0.25, 0.3) is 11.8 Å². The third kappa shape index (κ3) is 4.13. The van der Waals surface area contributed by atoms with Gasteiger partial charge in [0, 0.05) is 31.5 Å². The van der Waals surface area contributed by atoms with Crippen LogP contribution in [0.5, 0.6) is 0 Å². The van der Waals surface area contributed by atoms with E-state index >= 15 is 0 Å². The molecule has 194 valence electrons. The number of ketones is 1. The Bertz CT molecular complexity index is 1560. The largest absolute Gasteiger partial charge is 0.291 e. The lowest BCUT2D eigenvalue weighted by Crippen LogP contribution is -2.52. The van der Waals surface area contributed by atoms with Gasteiger partial charge >= 0.3 is 0 Å². The van der Waals surface area contributed by atoms with Gasteiger partial charge in [0.2, 0.25) is 0 Å². The second-order valence-electron chi connectivity index (χ2n) is 10.0. The van der Waals surface area contributed by atoms with Gasteiger partial charge in [0.1, 0.15) is 22.5 Å². The van der Waals surface area contributed by atoms with Gasteiger partial charge in [0.15, 0.2) is 5.78 Å². The smallest absolute Gasteiger partial charge is 0.192 e. The summed E-state index contributed by atoms with van der Waals surface area (Å²) < 4.78 is 32.6. The van der Waals surface area contributed by atoms with Gasteiger partial charge in [-0.1, -0.05) is 11.6 Å². The van der Waals surface area contributed by atoms with Gasteiger partial charge in [0.25, 0.3) is 0 Å². The van der Waals surface area contributed by atoms with E-state index in [9.17, 15) is 13.4 Å². The molecule has 0 N–H and O–H groups in total. The highest BCUT2D eigenvalue weighted by atomic mass is 32.2. The summed E-state index contributed by atoms with van der Waals surface area (Å²) in [6.45, 7) is 4.85. The fraction of sp³-hybridized carbons (Fsp3) is 0.286. The fourth-order valence-electron chi connectivity index (χ4n) is 5.33. The van der Waals surface area contributed by atoms with E-state index in [2.05, 4.69) is 15.2 Å². The molecular formula is C28H27FN6O2S. The molecule has 2 aliphatic rings. The minimum Gasteiger partial charge on any atom is -0.291 e. The minimum atomic E-state index is -1.47. The second kappa shape index (κ2) is 9.52. The lowest BCUT2D eigenvalue weighted by atomic mass is 9.65. The van der Waals surface area contributed by atoms with Crippen LogP contribution in [0.15, 0.2) is 77.7 Å². The SMILES string of the molecule is CC(C)n1cc(S(=O)N2CCC3=Cc4c(cnn4-c4ccc(F)cc4)CC3(C(=O)c3ccccn3)C2)cn1. The average molecular weight is 531 g/mol. The van der Waals surface area contributed by atoms with Crippen LogP contribution in [0.4, 0.5) is 4.39 Å². The highest BCUT2D eigenvalue weighted by Gasteiger charge is 2.50. The lowest BCUT2D eigenvalue weighted by Gasteiger charge is -2.44. The Balaban J connectivity index is 1.40. The fourth-order valence-corrected chi connectivity index (χ4v) is 6.56. The average Bonchev–Trinajstić information content (AvgIpc) is 3.59. The van der Waals surface area contributed by atoms with Crippen molar-refractivity contribution >= 4 is 22.8 Å². The number of piperidine rings is 1. The van der Waals surface area contributed by atoms with Gasteiger partial charge in [0.05, 0.1) is 34.1 Å². The van der Waals surface area contributed by atoms with Crippen molar-refractivity contribution in [2.45, 2.75) is 37.6 Å². The number of carbonyl (C=O) groups excluding carboxylic acids is 1. The van der Waals surface area contributed by atoms with Crippen LogP contribution in [0.3, 0.4) is 0 Å². The molecule has 38 heavy (non-hydrogen) atoms. The molecule has 0 amide bonds. The van der Waals surface area contributed by atoms with E-state index in [1.807, 2.05) is 30.4 Å². The van der Waals surface area contributed by atoms with Crippen molar-refractivity contribution in [1.29, 1.82) is 0 Å². The molecule has 4 heterocycles. The van der Waals surface area contributed by atoms with Gasteiger partial charge in [-0.2, -0.15) is 10.2 Å². The Morgan fingerprint density at radius 3 is 2.63 bits per heavy atom. The van der Waals surface area contributed by atoms with Crippen LogP contribution in [-0.4, -0.2) is 51.9 Å². The van der Waals surface area contributed by atoms with E-state index < -0.39 is 16.4 Å². The third-order valence-corrected chi connectivity index (χ3v) is 8.72.